The van der Waals surface area contributed by atoms with Gasteiger partial charge < -0.3 is 14.2 Å². The van der Waals surface area contributed by atoms with E-state index >= 15 is 0 Å². The fourth-order valence-electron chi connectivity index (χ4n) is 2.48. The van der Waals surface area contributed by atoms with Crippen molar-refractivity contribution in [3.05, 3.63) is 36.4 Å². The second kappa shape index (κ2) is 4.47. The number of hydrogen-bond donors (Lipinski definition) is 1. The molecule has 1 aliphatic heterocycles. The zero-order valence-corrected chi connectivity index (χ0v) is 9.62. The van der Waals surface area contributed by atoms with Crippen molar-refractivity contribution in [1.29, 1.82) is 0 Å². The van der Waals surface area contributed by atoms with Gasteiger partial charge in [0.25, 0.3) is 0 Å². The van der Waals surface area contributed by atoms with Crippen molar-refractivity contribution in [2.24, 2.45) is 5.92 Å². The van der Waals surface area contributed by atoms with E-state index in [9.17, 15) is 5.11 Å². The van der Waals surface area contributed by atoms with Crippen molar-refractivity contribution < 1.29 is 9.84 Å². The number of aliphatic hydroxyl groups is 1. The Kier molecular flexibility index (Phi) is 2.82. The van der Waals surface area contributed by atoms with E-state index < -0.39 is 6.10 Å². The SMILES string of the molecule is OC(c1cccc2cncn12)C1CCOCC1. The molecule has 0 saturated carbocycles. The van der Waals surface area contributed by atoms with Crippen LogP contribution in [0.4, 0.5) is 0 Å². The number of fused-ring (bicyclic) bond motifs is 1. The Bertz CT molecular complexity index is 503. The molecule has 4 heteroatoms. The van der Waals surface area contributed by atoms with Crippen LogP contribution < -0.4 is 0 Å². The van der Waals surface area contributed by atoms with Crippen LogP contribution in [0.5, 0.6) is 0 Å². The van der Waals surface area contributed by atoms with E-state index in [-0.39, 0.29) is 5.92 Å². The summed E-state index contributed by atoms with van der Waals surface area (Å²) in [4.78, 5) is 4.12. The standard InChI is InChI=1S/C13H16N2O2/c16-13(10-4-6-17-7-5-10)12-3-1-2-11-8-14-9-15(11)12/h1-3,8-10,13,16H,4-7H2. The van der Waals surface area contributed by atoms with E-state index in [0.717, 1.165) is 37.3 Å². The second-order valence-corrected chi connectivity index (χ2v) is 4.53. The normalized spacial score (nSPS) is 19.6. The molecule has 2 aromatic rings. The smallest absolute Gasteiger partial charge is 0.0995 e. The highest BCUT2D eigenvalue weighted by Gasteiger charge is 2.24. The van der Waals surface area contributed by atoms with Crippen molar-refractivity contribution in [2.45, 2.75) is 18.9 Å². The van der Waals surface area contributed by atoms with Crippen LogP contribution in [-0.4, -0.2) is 27.7 Å². The average Bonchev–Trinajstić information content (AvgIpc) is 2.87. The first-order valence-electron chi connectivity index (χ1n) is 6.03. The van der Waals surface area contributed by atoms with Gasteiger partial charge in [-0.3, -0.25) is 0 Å². The van der Waals surface area contributed by atoms with E-state index in [1.807, 2.05) is 22.6 Å². The topological polar surface area (TPSA) is 46.8 Å². The maximum atomic E-state index is 10.5. The lowest BCUT2D eigenvalue weighted by Gasteiger charge is -2.27. The molecule has 1 atom stereocenters. The lowest BCUT2D eigenvalue weighted by atomic mass is 9.91. The highest BCUT2D eigenvalue weighted by molar-refractivity contribution is 5.46. The molecular formula is C13H16N2O2. The van der Waals surface area contributed by atoms with Crippen molar-refractivity contribution in [3.63, 3.8) is 0 Å². The highest BCUT2D eigenvalue weighted by Crippen LogP contribution is 2.30. The number of aromatic nitrogens is 2. The van der Waals surface area contributed by atoms with E-state index in [1.165, 1.54) is 0 Å². The van der Waals surface area contributed by atoms with Gasteiger partial charge in [-0.1, -0.05) is 6.07 Å². The summed E-state index contributed by atoms with van der Waals surface area (Å²) in [7, 11) is 0. The summed E-state index contributed by atoms with van der Waals surface area (Å²) in [5.74, 6) is 0.289. The van der Waals surface area contributed by atoms with Crippen molar-refractivity contribution >= 4 is 5.52 Å². The predicted molar refractivity (Wildman–Crippen MR) is 63.7 cm³/mol. The summed E-state index contributed by atoms with van der Waals surface area (Å²) >= 11 is 0. The Morgan fingerprint density at radius 3 is 3.00 bits per heavy atom. The molecule has 0 aliphatic carbocycles. The predicted octanol–water partition coefficient (Wildman–Crippen LogP) is 1.79. The molecule has 1 saturated heterocycles. The fraction of sp³-hybridized carbons (Fsp3) is 0.462. The molecule has 90 valence electrons. The first kappa shape index (κ1) is 10.7. The third kappa shape index (κ3) is 1.94. The van der Waals surface area contributed by atoms with E-state index in [0.29, 0.717) is 0 Å². The largest absolute Gasteiger partial charge is 0.387 e. The first-order chi connectivity index (χ1) is 8.36. The van der Waals surface area contributed by atoms with Gasteiger partial charge in [0.05, 0.1) is 29.8 Å². The summed E-state index contributed by atoms with van der Waals surface area (Å²) in [6.45, 7) is 1.50. The van der Waals surface area contributed by atoms with E-state index in [2.05, 4.69) is 4.98 Å². The quantitative estimate of drug-likeness (QED) is 0.858. The van der Waals surface area contributed by atoms with Crippen LogP contribution in [-0.2, 0) is 4.74 Å². The molecular weight excluding hydrogens is 216 g/mol. The number of hydrogen-bond acceptors (Lipinski definition) is 3. The Morgan fingerprint density at radius 2 is 2.18 bits per heavy atom. The number of ether oxygens (including phenoxy) is 1. The molecule has 0 spiro atoms. The minimum Gasteiger partial charge on any atom is -0.387 e. The summed E-state index contributed by atoms with van der Waals surface area (Å²) in [6, 6.07) is 5.93. The highest BCUT2D eigenvalue weighted by atomic mass is 16.5. The number of rotatable bonds is 2. The number of nitrogens with zero attached hydrogens (tertiary/aromatic N) is 2. The molecule has 3 heterocycles. The average molecular weight is 232 g/mol. The number of aliphatic hydroxyl groups excluding tert-OH is 1. The van der Waals surface area contributed by atoms with Crippen LogP contribution >= 0.6 is 0 Å². The molecule has 4 nitrogen and oxygen atoms in total. The van der Waals surface area contributed by atoms with Crippen molar-refractivity contribution in [2.75, 3.05) is 13.2 Å². The minimum atomic E-state index is -0.434. The summed E-state index contributed by atoms with van der Waals surface area (Å²) in [5, 5.41) is 10.5. The molecule has 3 rings (SSSR count). The van der Waals surface area contributed by atoms with Gasteiger partial charge in [-0.2, -0.15) is 0 Å². The molecule has 1 fully saturated rings. The maximum absolute atomic E-state index is 10.5. The van der Waals surface area contributed by atoms with Gasteiger partial charge in [0.2, 0.25) is 0 Å². The zero-order valence-electron chi connectivity index (χ0n) is 9.62. The monoisotopic (exact) mass is 232 g/mol. The Morgan fingerprint density at radius 1 is 1.35 bits per heavy atom. The van der Waals surface area contributed by atoms with Crippen molar-refractivity contribution in [1.82, 2.24) is 9.38 Å². The van der Waals surface area contributed by atoms with Gasteiger partial charge in [0.15, 0.2) is 0 Å². The molecule has 0 aromatic carbocycles. The lowest BCUT2D eigenvalue weighted by molar-refractivity contribution is 0.00515. The van der Waals surface area contributed by atoms with E-state index in [1.54, 1.807) is 12.5 Å². The number of pyridine rings is 1. The molecule has 0 radical (unpaired) electrons. The van der Waals surface area contributed by atoms with E-state index in [4.69, 9.17) is 4.74 Å². The Balaban J connectivity index is 1.94. The molecule has 0 amide bonds. The minimum absolute atomic E-state index is 0.289. The maximum Gasteiger partial charge on any atom is 0.0995 e. The summed E-state index contributed by atoms with van der Waals surface area (Å²) in [5.41, 5.74) is 1.94. The third-order valence-electron chi connectivity index (χ3n) is 3.49. The summed E-state index contributed by atoms with van der Waals surface area (Å²) < 4.78 is 7.29. The van der Waals surface area contributed by atoms with Gasteiger partial charge >= 0.3 is 0 Å². The van der Waals surface area contributed by atoms with Crippen LogP contribution in [0.1, 0.15) is 24.6 Å². The first-order valence-corrected chi connectivity index (χ1v) is 6.03. The second-order valence-electron chi connectivity index (χ2n) is 4.53. The van der Waals surface area contributed by atoms with Crippen LogP contribution in [0, 0.1) is 5.92 Å². The molecule has 1 aliphatic rings. The van der Waals surface area contributed by atoms with Crippen LogP contribution in [0.25, 0.3) is 5.52 Å². The van der Waals surface area contributed by atoms with Gasteiger partial charge in [-0.15, -0.1) is 0 Å². The lowest BCUT2D eigenvalue weighted by Crippen LogP contribution is -2.23. The zero-order chi connectivity index (χ0) is 11.7. The van der Waals surface area contributed by atoms with Gasteiger partial charge in [0, 0.05) is 13.2 Å². The van der Waals surface area contributed by atoms with Gasteiger partial charge in [-0.25, -0.2) is 4.98 Å². The van der Waals surface area contributed by atoms with Crippen LogP contribution in [0.15, 0.2) is 30.7 Å². The van der Waals surface area contributed by atoms with Crippen LogP contribution in [0.3, 0.4) is 0 Å². The van der Waals surface area contributed by atoms with Gasteiger partial charge in [-0.05, 0) is 30.9 Å². The molecule has 1 unspecified atom stereocenters. The fourth-order valence-corrected chi connectivity index (χ4v) is 2.48. The van der Waals surface area contributed by atoms with Gasteiger partial charge in [0.1, 0.15) is 0 Å². The molecule has 1 N–H and O–H groups in total. The van der Waals surface area contributed by atoms with Crippen molar-refractivity contribution in [3.8, 4) is 0 Å². The molecule has 2 aromatic heterocycles. The third-order valence-corrected chi connectivity index (χ3v) is 3.49. The van der Waals surface area contributed by atoms with Crippen LogP contribution in [0.2, 0.25) is 0 Å². The number of imidazole rings is 1. The molecule has 17 heavy (non-hydrogen) atoms. The Labute approximate surface area is 99.9 Å². The summed E-state index contributed by atoms with van der Waals surface area (Å²) in [6.07, 6.45) is 4.98. The molecule has 0 bridgehead atoms. The Hall–Kier alpha value is -1.39.